The normalized spacial score (nSPS) is 19.5. The maximum atomic E-state index is 13.0. The molecule has 5 heteroatoms. The number of hydrogen-bond acceptors (Lipinski definition) is 3. The summed E-state index contributed by atoms with van der Waals surface area (Å²) >= 11 is 0. The summed E-state index contributed by atoms with van der Waals surface area (Å²) in [6.45, 7) is 2.01. The van der Waals surface area contributed by atoms with E-state index in [1.165, 1.54) is 12.1 Å². The summed E-state index contributed by atoms with van der Waals surface area (Å²) in [4.78, 5) is 10.6. The molecular weight excluding hydrogens is 225 g/mol. The monoisotopic (exact) mass is 239 g/mol. The first-order valence-corrected chi connectivity index (χ1v) is 5.47. The van der Waals surface area contributed by atoms with Crippen LogP contribution in [-0.4, -0.2) is 29.8 Å². The summed E-state index contributed by atoms with van der Waals surface area (Å²) in [6, 6.07) is 3.80. The first kappa shape index (κ1) is 11.9. The van der Waals surface area contributed by atoms with Gasteiger partial charge in [0.1, 0.15) is 23.7 Å². The van der Waals surface area contributed by atoms with Crippen molar-refractivity contribution in [2.75, 3.05) is 6.54 Å². The molecule has 2 atom stereocenters. The number of carbonyl (C=O) groups is 1. The van der Waals surface area contributed by atoms with Crippen LogP contribution in [-0.2, 0) is 11.2 Å². The Bertz CT molecular complexity index is 436. The highest BCUT2D eigenvalue weighted by Crippen LogP contribution is 2.28. The van der Waals surface area contributed by atoms with Crippen LogP contribution in [0.5, 0.6) is 5.75 Å². The van der Waals surface area contributed by atoms with E-state index in [1.807, 2.05) is 0 Å². The molecular formula is C12H14FNO3. The van der Waals surface area contributed by atoms with Gasteiger partial charge in [-0.05, 0) is 25.1 Å². The van der Waals surface area contributed by atoms with Gasteiger partial charge in [0.15, 0.2) is 0 Å². The average molecular weight is 239 g/mol. The number of aliphatic carboxylic acids is 1. The SMILES string of the molecule is C[C@H](NCC1Cc2cc(F)ccc2O1)C(=O)O. The van der Waals surface area contributed by atoms with Crippen LogP contribution in [0.3, 0.4) is 0 Å². The number of nitrogens with one attached hydrogen (secondary N) is 1. The topological polar surface area (TPSA) is 58.6 Å². The Morgan fingerprint density at radius 3 is 3.18 bits per heavy atom. The highest BCUT2D eigenvalue weighted by atomic mass is 19.1. The number of ether oxygens (including phenoxy) is 1. The summed E-state index contributed by atoms with van der Waals surface area (Å²) in [5.74, 6) is -0.493. The second-order valence-electron chi connectivity index (χ2n) is 4.16. The molecule has 1 aliphatic heterocycles. The molecule has 4 nitrogen and oxygen atoms in total. The number of carboxylic acids is 1. The van der Waals surface area contributed by atoms with E-state index in [2.05, 4.69) is 5.32 Å². The van der Waals surface area contributed by atoms with E-state index in [0.717, 1.165) is 5.56 Å². The summed E-state index contributed by atoms with van der Waals surface area (Å²) < 4.78 is 18.5. The van der Waals surface area contributed by atoms with Gasteiger partial charge < -0.3 is 15.2 Å². The Balaban J connectivity index is 1.90. The molecule has 0 fully saturated rings. The van der Waals surface area contributed by atoms with Gasteiger partial charge in [0.05, 0.1) is 0 Å². The van der Waals surface area contributed by atoms with Crippen molar-refractivity contribution >= 4 is 5.97 Å². The molecule has 0 aliphatic carbocycles. The van der Waals surface area contributed by atoms with Crippen molar-refractivity contribution in [1.82, 2.24) is 5.32 Å². The lowest BCUT2D eigenvalue weighted by Crippen LogP contribution is -2.40. The maximum absolute atomic E-state index is 13.0. The number of carboxylic acid groups (broad SMARTS) is 1. The molecule has 2 N–H and O–H groups in total. The van der Waals surface area contributed by atoms with Crippen molar-refractivity contribution in [3.8, 4) is 5.75 Å². The van der Waals surface area contributed by atoms with Crippen molar-refractivity contribution < 1.29 is 19.0 Å². The fourth-order valence-electron chi connectivity index (χ4n) is 1.80. The molecule has 2 rings (SSSR count). The molecule has 1 aromatic carbocycles. The van der Waals surface area contributed by atoms with Crippen LogP contribution < -0.4 is 10.1 Å². The molecule has 1 aliphatic rings. The van der Waals surface area contributed by atoms with Crippen LogP contribution in [0.25, 0.3) is 0 Å². The first-order valence-electron chi connectivity index (χ1n) is 5.47. The molecule has 17 heavy (non-hydrogen) atoms. The van der Waals surface area contributed by atoms with Gasteiger partial charge in [0.25, 0.3) is 0 Å². The van der Waals surface area contributed by atoms with Gasteiger partial charge in [-0.1, -0.05) is 0 Å². The summed E-state index contributed by atoms with van der Waals surface area (Å²) in [6.07, 6.45) is 0.473. The molecule has 0 aromatic heterocycles. The van der Waals surface area contributed by atoms with E-state index in [1.54, 1.807) is 13.0 Å². The van der Waals surface area contributed by atoms with Crippen molar-refractivity contribution in [2.24, 2.45) is 0 Å². The molecule has 1 unspecified atom stereocenters. The number of halogens is 1. The van der Waals surface area contributed by atoms with E-state index in [0.29, 0.717) is 18.7 Å². The lowest BCUT2D eigenvalue weighted by molar-refractivity contribution is -0.139. The third-order valence-electron chi connectivity index (χ3n) is 2.79. The predicted molar refractivity (Wildman–Crippen MR) is 59.6 cm³/mol. The zero-order valence-corrected chi connectivity index (χ0v) is 9.44. The predicted octanol–water partition coefficient (Wildman–Crippen LogP) is 1.19. The van der Waals surface area contributed by atoms with Crippen LogP contribution in [0.15, 0.2) is 18.2 Å². The molecule has 1 aromatic rings. The highest BCUT2D eigenvalue weighted by molar-refractivity contribution is 5.72. The third-order valence-corrected chi connectivity index (χ3v) is 2.79. The molecule has 92 valence electrons. The van der Waals surface area contributed by atoms with Crippen molar-refractivity contribution in [3.63, 3.8) is 0 Å². The van der Waals surface area contributed by atoms with E-state index in [4.69, 9.17) is 9.84 Å². The Morgan fingerprint density at radius 2 is 2.47 bits per heavy atom. The third kappa shape index (κ3) is 2.74. The Kier molecular flexibility index (Phi) is 3.28. The van der Waals surface area contributed by atoms with Crippen LogP contribution in [0.2, 0.25) is 0 Å². The van der Waals surface area contributed by atoms with E-state index < -0.39 is 12.0 Å². The van der Waals surface area contributed by atoms with Crippen LogP contribution in [0.4, 0.5) is 4.39 Å². The average Bonchev–Trinajstić information content (AvgIpc) is 2.67. The minimum absolute atomic E-state index is 0.131. The van der Waals surface area contributed by atoms with Gasteiger partial charge in [0, 0.05) is 18.5 Å². The lowest BCUT2D eigenvalue weighted by atomic mass is 10.1. The standard InChI is InChI=1S/C12H14FNO3/c1-7(12(15)16)14-6-10-5-8-4-9(13)2-3-11(8)17-10/h2-4,7,10,14H,5-6H2,1H3,(H,15,16)/t7-,10?/m0/s1. The fraction of sp³-hybridized carbons (Fsp3) is 0.417. The minimum atomic E-state index is -0.897. The zero-order valence-electron chi connectivity index (χ0n) is 9.44. The summed E-state index contributed by atoms with van der Waals surface area (Å²) in [5, 5.41) is 11.6. The number of hydrogen-bond donors (Lipinski definition) is 2. The Labute approximate surface area is 98.4 Å². The number of benzene rings is 1. The smallest absolute Gasteiger partial charge is 0.320 e. The second-order valence-corrected chi connectivity index (χ2v) is 4.16. The Morgan fingerprint density at radius 1 is 1.71 bits per heavy atom. The van der Waals surface area contributed by atoms with Gasteiger partial charge in [-0.2, -0.15) is 0 Å². The van der Waals surface area contributed by atoms with Crippen molar-refractivity contribution in [2.45, 2.75) is 25.5 Å². The van der Waals surface area contributed by atoms with Crippen molar-refractivity contribution in [3.05, 3.63) is 29.6 Å². The molecule has 0 saturated heterocycles. The maximum Gasteiger partial charge on any atom is 0.320 e. The molecule has 0 saturated carbocycles. The van der Waals surface area contributed by atoms with Gasteiger partial charge >= 0.3 is 5.97 Å². The van der Waals surface area contributed by atoms with Crippen LogP contribution >= 0.6 is 0 Å². The van der Waals surface area contributed by atoms with Crippen LogP contribution in [0, 0.1) is 5.82 Å². The fourth-order valence-corrected chi connectivity index (χ4v) is 1.80. The van der Waals surface area contributed by atoms with E-state index in [9.17, 15) is 9.18 Å². The zero-order chi connectivity index (χ0) is 12.4. The van der Waals surface area contributed by atoms with Gasteiger partial charge in [-0.15, -0.1) is 0 Å². The first-order chi connectivity index (χ1) is 8.06. The molecule has 0 bridgehead atoms. The quantitative estimate of drug-likeness (QED) is 0.828. The number of rotatable bonds is 4. The van der Waals surface area contributed by atoms with Crippen LogP contribution in [0.1, 0.15) is 12.5 Å². The molecule has 1 heterocycles. The highest BCUT2D eigenvalue weighted by Gasteiger charge is 2.24. The van der Waals surface area contributed by atoms with E-state index >= 15 is 0 Å². The lowest BCUT2D eigenvalue weighted by Gasteiger charge is -2.14. The van der Waals surface area contributed by atoms with Crippen molar-refractivity contribution in [1.29, 1.82) is 0 Å². The summed E-state index contributed by atoms with van der Waals surface area (Å²) in [5.41, 5.74) is 0.833. The van der Waals surface area contributed by atoms with Gasteiger partial charge in [-0.25, -0.2) is 4.39 Å². The van der Waals surface area contributed by atoms with Gasteiger partial charge in [0.2, 0.25) is 0 Å². The molecule has 0 amide bonds. The number of fused-ring (bicyclic) bond motifs is 1. The molecule has 0 spiro atoms. The Hall–Kier alpha value is -1.62. The second kappa shape index (κ2) is 4.71. The summed E-state index contributed by atoms with van der Waals surface area (Å²) in [7, 11) is 0. The van der Waals surface area contributed by atoms with Gasteiger partial charge in [-0.3, -0.25) is 4.79 Å². The largest absolute Gasteiger partial charge is 0.488 e. The molecule has 0 radical (unpaired) electrons. The van der Waals surface area contributed by atoms with E-state index in [-0.39, 0.29) is 11.9 Å². The minimum Gasteiger partial charge on any atom is -0.488 e.